The molecule has 0 unspecified atom stereocenters. The Bertz CT molecular complexity index is 1340. The molecule has 4 nitrogen and oxygen atoms in total. The summed E-state index contributed by atoms with van der Waals surface area (Å²) in [4.78, 5) is 31.2. The van der Waals surface area contributed by atoms with Gasteiger partial charge in [0.15, 0.2) is 0 Å². The number of hydrogen-bond donors (Lipinski definition) is 0. The molecule has 0 bridgehead atoms. The van der Waals surface area contributed by atoms with Crippen molar-refractivity contribution < 1.29 is 9.59 Å². The van der Waals surface area contributed by atoms with Crippen molar-refractivity contribution in [1.29, 1.82) is 0 Å². The number of carbonyl (C=O) groups excluding carboxylic acids is 2. The van der Waals surface area contributed by atoms with Gasteiger partial charge in [-0.25, -0.2) is 4.90 Å². The molecule has 166 valence electrons. The Balaban J connectivity index is 1.67. The van der Waals surface area contributed by atoms with Gasteiger partial charge in [0.1, 0.15) is 5.70 Å². The van der Waals surface area contributed by atoms with Crippen LogP contribution in [0.4, 0.5) is 5.69 Å². The van der Waals surface area contributed by atoms with E-state index in [0.29, 0.717) is 40.6 Å². The van der Waals surface area contributed by atoms with E-state index in [0.717, 1.165) is 23.1 Å². The van der Waals surface area contributed by atoms with Crippen LogP contribution in [0.1, 0.15) is 33.4 Å². The second-order valence-corrected chi connectivity index (χ2v) is 9.22. The van der Waals surface area contributed by atoms with Crippen LogP contribution >= 0.6 is 11.6 Å². The number of nitrogens with zero attached hydrogens (tertiary/aromatic N) is 2. The molecular weight excluding hydrogens is 432 g/mol. The highest BCUT2D eigenvalue weighted by Crippen LogP contribution is 2.39. The van der Waals surface area contributed by atoms with Crippen molar-refractivity contribution in [3.8, 4) is 0 Å². The van der Waals surface area contributed by atoms with Crippen LogP contribution in [0.3, 0.4) is 0 Å². The number of imide groups is 1. The van der Waals surface area contributed by atoms with Crippen LogP contribution in [0, 0.1) is 20.8 Å². The molecule has 0 saturated heterocycles. The highest BCUT2D eigenvalue weighted by Gasteiger charge is 2.44. The first kappa shape index (κ1) is 21.5. The highest BCUT2D eigenvalue weighted by atomic mass is 35.5. The fourth-order valence-corrected chi connectivity index (χ4v) is 5.06. The van der Waals surface area contributed by atoms with Gasteiger partial charge >= 0.3 is 0 Å². The lowest BCUT2D eigenvalue weighted by Crippen LogP contribution is -2.37. The van der Waals surface area contributed by atoms with Gasteiger partial charge in [0, 0.05) is 18.1 Å². The minimum absolute atomic E-state index is 0.292. The fourth-order valence-electron chi connectivity index (χ4n) is 4.89. The minimum atomic E-state index is -0.300. The molecule has 3 aromatic rings. The normalized spacial score (nSPS) is 16.0. The van der Waals surface area contributed by atoms with Gasteiger partial charge in [-0.05, 0) is 67.1 Å². The molecule has 0 N–H and O–H groups in total. The smallest absolute Gasteiger partial charge is 0.282 e. The molecule has 0 aliphatic carbocycles. The Morgan fingerprint density at radius 2 is 1.61 bits per heavy atom. The van der Waals surface area contributed by atoms with Gasteiger partial charge in [-0.15, -0.1) is 0 Å². The maximum Gasteiger partial charge on any atom is 0.282 e. The summed E-state index contributed by atoms with van der Waals surface area (Å²) in [5.74, 6) is -0.592. The van der Waals surface area contributed by atoms with Gasteiger partial charge in [0.05, 0.1) is 11.3 Å². The lowest BCUT2D eigenvalue weighted by molar-refractivity contribution is -0.120. The number of fused-ring (bicyclic) bond motifs is 1. The predicted octanol–water partition coefficient (Wildman–Crippen LogP) is 5.61. The fraction of sp³-hybridized carbons (Fsp3) is 0.214. The van der Waals surface area contributed by atoms with Crippen molar-refractivity contribution in [2.75, 3.05) is 11.4 Å². The number of amides is 2. The van der Waals surface area contributed by atoms with E-state index in [4.69, 9.17) is 11.6 Å². The third kappa shape index (κ3) is 3.55. The quantitative estimate of drug-likeness (QED) is 0.481. The molecule has 2 aliphatic rings. The molecule has 3 aromatic carbocycles. The Hall–Kier alpha value is -3.37. The molecule has 5 heteroatoms. The van der Waals surface area contributed by atoms with Crippen molar-refractivity contribution in [2.24, 2.45) is 0 Å². The molecule has 0 aromatic heterocycles. The molecule has 2 aliphatic heterocycles. The number of rotatable bonds is 3. The summed E-state index contributed by atoms with van der Waals surface area (Å²) >= 11 is 6.35. The van der Waals surface area contributed by atoms with Crippen molar-refractivity contribution in [3.05, 3.63) is 105 Å². The molecule has 0 saturated carbocycles. The predicted molar refractivity (Wildman–Crippen MR) is 132 cm³/mol. The zero-order chi connectivity index (χ0) is 23.3. The Morgan fingerprint density at radius 1 is 0.848 bits per heavy atom. The van der Waals surface area contributed by atoms with E-state index >= 15 is 0 Å². The zero-order valence-electron chi connectivity index (χ0n) is 19.0. The number of halogens is 1. The summed E-state index contributed by atoms with van der Waals surface area (Å²) in [6, 6.07) is 19.6. The zero-order valence-corrected chi connectivity index (χ0v) is 19.7. The number of anilines is 1. The van der Waals surface area contributed by atoms with E-state index in [1.165, 1.54) is 16.0 Å². The third-order valence-electron chi connectivity index (χ3n) is 6.64. The molecule has 0 radical (unpaired) electrons. The molecular formula is C28H25ClN2O2. The van der Waals surface area contributed by atoms with E-state index in [9.17, 15) is 9.59 Å². The largest absolute Gasteiger partial charge is 0.362 e. The van der Waals surface area contributed by atoms with E-state index in [1.54, 1.807) is 18.2 Å². The molecule has 0 fully saturated rings. The van der Waals surface area contributed by atoms with E-state index in [1.807, 2.05) is 45.0 Å². The van der Waals surface area contributed by atoms with E-state index < -0.39 is 0 Å². The van der Waals surface area contributed by atoms with Gasteiger partial charge < -0.3 is 4.90 Å². The minimum Gasteiger partial charge on any atom is -0.362 e. The summed E-state index contributed by atoms with van der Waals surface area (Å²) in [7, 11) is 0. The second-order valence-electron chi connectivity index (χ2n) is 8.81. The summed E-state index contributed by atoms with van der Waals surface area (Å²) < 4.78 is 0. The topological polar surface area (TPSA) is 40.6 Å². The summed E-state index contributed by atoms with van der Waals surface area (Å²) in [6.07, 6.45) is 0.831. The number of hydrogen-bond acceptors (Lipinski definition) is 3. The van der Waals surface area contributed by atoms with Gasteiger partial charge in [0.2, 0.25) is 0 Å². The van der Waals surface area contributed by atoms with E-state index in [-0.39, 0.29) is 11.8 Å². The maximum absolute atomic E-state index is 13.9. The van der Waals surface area contributed by atoms with Crippen LogP contribution in [0.15, 0.2) is 66.4 Å². The summed E-state index contributed by atoms with van der Waals surface area (Å²) in [5, 5.41) is 0.529. The van der Waals surface area contributed by atoms with Crippen molar-refractivity contribution in [2.45, 2.75) is 33.7 Å². The van der Waals surface area contributed by atoms with Crippen LogP contribution in [-0.2, 0) is 22.6 Å². The molecule has 5 rings (SSSR count). The van der Waals surface area contributed by atoms with Crippen molar-refractivity contribution in [1.82, 2.24) is 4.90 Å². The van der Waals surface area contributed by atoms with E-state index in [2.05, 4.69) is 23.1 Å². The molecule has 0 atom stereocenters. The lowest BCUT2D eigenvalue weighted by Gasteiger charge is -2.31. The Labute approximate surface area is 199 Å². The Kier molecular flexibility index (Phi) is 5.34. The van der Waals surface area contributed by atoms with Crippen LogP contribution in [0.2, 0.25) is 5.02 Å². The van der Waals surface area contributed by atoms with Gasteiger partial charge in [-0.1, -0.05) is 65.7 Å². The average Bonchev–Trinajstić information content (AvgIpc) is 3.05. The second kappa shape index (κ2) is 8.20. The molecule has 0 spiro atoms. The van der Waals surface area contributed by atoms with Gasteiger partial charge in [-0.2, -0.15) is 0 Å². The highest BCUT2D eigenvalue weighted by molar-refractivity contribution is 6.46. The van der Waals surface area contributed by atoms with Crippen molar-refractivity contribution in [3.63, 3.8) is 0 Å². The molecule has 2 amide bonds. The monoisotopic (exact) mass is 456 g/mol. The van der Waals surface area contributed by atoms with Crippen LogP contribution < -0.4 is 4.90 Å². The first-order chi connectivity index (χ1) is 15.9. The Morgan fingerprint density at radius 3 is 2.36 bits per heavy atom. The number of aryl methyl sites for hydroxylation is 2. The standard InChI is InChI=1S/C28H25ClN2O2/c1-17-11-12-22(18(2)15-17)25-26(30-14-13-20-7-4-5-8-21(20)16-30)28(33)31(27(25)32)24-10-6-9-23(29)19(24)3/h4-12,15H,13-14,16H2,1-3H3. The van der Waals surface area contributed by atoms with Crippen LogP contribution in [-0.4, -0.2) is 23.3 Å². The molecule has 33 heavy (non-hydrogen) atoms. The number of benzene rings is 3. The van der Waals surface area contributed by atoms with Gasteiger partial charge in [-0.3, -0.25) is 9.59 Å². The molecule has 2 heterocycles. The SMILES string of the molecule is Cc1ccc(C2=C(N3CCc4ccccc4C3)C(=O)N(c3cccc(Cl)c3C)C2=O)c(C)c1. The van der Waals surface area contributed by atoms with Crippen molar-refractivity contribution >= 4 is 34.7 Å². The third-order valence-corrected chi connectivity index (χ3v) is 7.05. The summed E-state index contributed by atoms with van der Waals surface area (Å²) in [6.45, 7) is 7.13. The van der Waals surface area contributed by atoms with Crippen LogP contribution in [0.5, 0.6) is 0 Å². The first-order valence-electron chi connectivity index (χ1n) is 11.1. The average molecular weight is 457 g/mol. The lowest BCUT2D eigenvalue weighted by atomic mass is 9.95. The maximum atomic E-state index is 13.9. The number of carbonyl (C=O) groups is 2. The summed E-state index contributed by atoms with van der Waals surface area (Å²) in [5.41, 5.74) is 7.57. The van der Waals surface area contributed by atoms with Crippen LogP contribution in [0.25, 0.3) is 5.57 Å². The first-order valence-corrected chi connectivity index (χ1v) is 11.5. The van der Waals surface area contributed by atoms with Gasteiger partial charge in [0.25, 0.3) is 11.8 Å².